The maximum absolute atomic E-state index is 13.1. The quantitative estimate of drug-likeness (QED) is 0.378. The second-order valence-corrected chi connectivity index (χ2v) is 8.97. The number of allylic oxidation sites excluding steroid dienone is 2. The summed E-state index contributed by atoms with van der Waals surface area (Å²) in [5, 5.41) is 18.1. The number of hydrogen-bond acceptors (Lipinski definition) is 5. The van der Waals surface area contributed by atoms with Crippen LogP contribution in [0.1, 0.15) is 52.7 Å². The van der Waals surface area contributed by atoms with Gasteiger partial charge in [-0.1, -0.05) is 42.0 Å². The third-order valence-corrected chi connectivity index (χ3v) is 7.00. The number of nitro benzene ring substituents is 1. The van der Waals surface area contributed by atoms with Crippen LogP contribution < -0.4 is 10.6 Å². The van der Waals surface area contributed by atoms with Crippen molar-refractivity contribution in [3.8, 4) is 0 Å². The molecule has 2 aromatic rings. The van der Waals surface area contributed by atoms with Gasteiger partial charge in [-0.15, -0.1) is 0 Å². The van der Waals surface area contributed by atoms with Crippen LogP contribution in [-0.4, -0.2) is 30.1 Å². The number of carbonyl (C=O) groups is 1. The number of carbonyl (C=O) groups excluding carboxylic acids is 1. The SMILES string of the molecule is O=C(NCC1CCCO1)c1cccc2c1NC(c1ccc(Cl)c([N+](=O)[O-])c1)C1CC=CC21. The summed E-state index contributed by atoms with van der Waals surface area (Å²) in [4.78, 5) is 24.0. The number of ether oxygens (including phenoxy) is 1. The molecule has 0 radical (unpaired) electrons. The molecule has 2 aliphatic heterocycles. The van der Waals surface area contributed by atoms with Gasteiger partial charge in [0.2, 0.25) is 0 Å². The first-order valence-corrected chi connectivity index (χ1v) is 11.3. The van der Waals surface area contributed by atoms with Gasteiger partial charge in [-0.3, -0.25) is 14.9 Å². The summed E-state index contributed by atoms with van der Waals surface area (Å²) in [6.07, 6.45) is 7.22. The van der Waals surface area contributed by atoms with Crippen molar-refractivity contribution in [1.82, 2.24) is 5.32 Å². The summed E-state index contributed by atoms with van der Waals surface area (Å²) in [6.45, 7) is 1.23. The van der Waals surface area contributed by atoms with Gasteiger partial charge in [0.25, 0.3) is 11.6 Å². The van der Waals surface area contributed by atoms with E-state index in [4.69, 9.17) is 16.3 Å². The second-order valence-electron chi connectivity index (χ2n) is 8.56. The van der Waals surface area contributed by atoms with E-state index in [9.17, 15) is 14.9 Å². The zero-order valence-corrected chi connectivity index (χ0v) is 18.2. The maximum Gasteiger partial charge on any atom is 0.288 e. The Hall–Kier alpha value is -2.90. The molecule has 2 N–H and O–H groups in total. The zero-order valence-electron chi connectivity index (χ0n) is 17.4. The van der Waals surface area contributed by atoms with Gasteiger partial charge in [0, 0.05) is 25.1 Å². The van der Waals surface area contributed by atoms with Crippen LogP contribution in [0, 0.1) is 16.0 Å². The molecule has 32 heavy (non-hydrogen) atoms. The first-order chi connectivity index (χ1) is 15.5. The Kier molecular flexibility index (Phi) is 5.61. The van der Waals surface area contributed by atoms with Gasteiger partial charge in [-0.05, 0) is 48.4 Å². The molecule has 2 heterocycles. The van der Waals surface area contributed by atoms with E-state index >= 15 is 0 Å². The topological polar surface area (TPSA) is 93.5 Å². The Morgan fingerprint density at radius 1 is 1.31 bits per heavy atom. The highest BCUT2D eigenvalue weighted by molar-refractivity contribution is 6.32. The molecule has 166 valence electrons. The molecule has 0 saturated carbocycles. The van der Waals surface area contributed by atoms with Crippen LogP contribution >= 0.6 is 11.6 Å². The van der Waals surface area contributed by atoms with E-state index in [1.807, 2.05) is 24.3 Å². The van der Waals surface area contributed by atoms with Crippen molar-refractivity contribution in [3.63, 3.8) is 0 Å². The van der Waals surface area contributed by atoms with Crippen molar-refractivity contribution in [2.45, 2.75) is 37.3 Å². The lowest BCUT2D eigenvalue weighted by molar-refractivity contribution is -0.384. The molecule has 4 atom stereocenters. The first kappa shape index (κ1) is 21.0. The van der Waals surface area contributed by atoms with E-state index in [1.54, 1.807) is 12.1 Å². The molecule has 4 unspecified atom stereocenters. The average Bonchev–Trinajstić information content (AvgIpc) is 3.49. The van der Waals surface area contributed by atoms with E-state index in [2.05, 4.69) is 22.8 Å². The van der Waals surface area contributed by atoms with Gasteiger partial charge in [0.1, 0.15) is 5.02 Å². The Morgan fingerprint density at radius 2 is 2.19 bits per heavy atom. The normalized spacial score (nSPS) is 25.7. The van der Waals surface area contributed by atoms with Crippen molar-refractivity contribution in [2.24, 2.45) is 5.92 Å². The molecule has 0 aromatic heterocycles. The van der Waals surface area contributed by atoms with E-state index in [0.717, 1.165) is 42.7 Å². The Balaban J connectivity index is 1.48. The zero-order chi connectivity index (χ0) is 22.2. The van der Waals surface area contributed by atoms with Crippen LogP contribution in [0.3, 0.4) is 0 Å². The van der Waals surface area contributed by atoms with Crippen molar-refractivity contribution < 1.29 is 14.5 Å². The van der Waals surface area contributed by atoms with Crippen LogP contribution in [0.25, 0.3) is 0 Å². The Labute approximate surface area is 190 Å². The highest BCUT2D eigenvalue weighted by atomic mass is 35.5. The molecule has 0 spiro atoms. The number of halogens is 1. The Bertz CT molecular complexity index is 1100. The van der Waals surface area contributed by atoms with Crippen LogP contribution in [0.5, 0.6) is 0 Å². The number of benzene rings is 2. The highest BCUT2D eigenvalue weighted by Crippen LogP contribution is 2.51. The molecule has 2 aromatic carbocycles. The monoisotopic (exact) mass is 453 g/mol. The van der Waals surface area contributed by atoms with Gasteiger partial charge in [0.15, 0.2) is 0 Å². The molecule has 1 amide bonds. The smallest absolute Gasteiger partial charge is 0.288 e. The minimum Gasteiger partial charge on any atom is -0.377 e. The fourth-order valence-corrected chi connectivity index (χ4v) is 5.30. The lowest BCUT2D eigenvalue weighted by Gasteiger charge is -2.38. The average molecular weight is 454 g/mol. The van der Waals surface area contributed by atoms with Crippen molar-refractivity contribution in [2.75, 3.05) is 18.5 Å². The number of nitrogens with zero attached hydrogens (tertiary/aromatic N) is 1. The van der Waals surface area contributed by atoms with Crippen LogP contribution in [-0.2, 0) is 4.74 Å². The van der Waals surface area contributed by atoms with E-state index < -0.39 is 4.92 Å². The van der Waals surface area contributed by atoms with Crippen LogP contribution in [0.4, 0.5) is 11.4 Å². The predicted octanol–water partition coefficient (Wildman–Crippen LogP) is 4.98. The van der Waals surface area contributed by atoms with Crippen molar-refractivity contribution in [1.29, 1.82) is 0 Å². The van der Waals surface area contributed by atoms with Crippen molar-refractivity contribution >= 4 is 28.9 Å². The first-order valence-electron chi connectivity index (χ1n) is 10.9. The largest absolute Gasteiger partial charge is 0.377 e. The molecule has 0 bridgehead atoms. The van der Waals surface area contributed by atoms with Gasteiger partial charge in [-0.2, -0.15) is 0 Å². The molecule has 1 fully saturated rings. The molecular formula is C24H24ClN3O4. The number of rotatable bonds is 5. The third kappa shape index (κ3) is 3.76. The predicted molar refractivity (Wildman–Crippen MR) is 122 cm³/mol. The van der Waals surface area contributed by atoms with Gasteiger partial charge in [-0.25, -0.2) is 0 Å². The fraction of sp³-hybridized carbons (Fsp3) is 0.375. The lowest BCUT2D eigenvalue weighted by Crippen LogP contribution is -2.34. The number of hydrogen-bond donors (Lipinski definition) is 2. The number of fused-ring (bicyclic) bond motifs is 3. The molecular weight excluding hydrogens is 430 g/mol. The van der Waals surface area contributed by atoms with E-state index in [-0.39, 0.29) is 40.6 Å². The number of nitro groups is 1. The highest BCUT2D eigenvalue weighted by Gasteiger charge is 2.39. The molecule has 5 rings (SSSR count). The van der Waals surface area contributed by atoms with Gasteiger partial charge in [0.05, 0.1) is 28.3 Å². The maximum atomic E-state index is 13.1. The minimum atomic E-state index is -0.461. The van der Waals surface area contributed by atoms with Crippen LogP contribution in [0.15, 0.2) is 48.6 Å². The fourth-order valence-electron chi connectivity index (χ4n) is 5.11. The minimum absolute atomic E-state index is 0.0657. The summed E-state index contributed by atoms with van der Waals surface area (Å²) >= 11 is 6.04. The Morgan fingerprint density at radius 3 is 2.97 bits per heavy atom. The molecule has 7 nitrogen and oxygen atoms in total. The summed E-state index contributed by atoms with van der Waals surface area (Å²) in [5.74, 6) is 0.191. The molecule has 8 heteroatoms. The molecule has 1 aliphatic carbocycles. The number of nitrogens with one attached hydrogen (secondary N) is 2. The number of para-hydroxylation sites is 1. The van der Waals surface area contributed by atoms with E-state index in [0.29, 0.717) is 12.1 Å². The number of anilines is 1. The second kappa shape index (κ2) is 8.56. The standard InChI is InChI=1S/C24H24ClN3O4/c25-20-10-9-14(12-21(20)28(30)31)22-17-6-1-5-16(17)18-7-2-8-19(23(18)27-22)24(29)26-13-15-4-3-11-32-15/h1-2,5,7-10,12,15-17,22,27H,3-4,6,11,13H2,(H,26,29). The van der Waals surface area contributed by atoms with Crippen LogP contribution in [0.2, 0.25) is 5.02 Å². The summed E-state index contributed by atoms with van der Waals surface area (Å²) in [5.41, 5.74) is 3.12. The van der Waals surface area contributed by atoms with Gasteiger partial charge < -0.3 is 15.4 Å². The van der Waals surface area contributed by atoms with Crippen molar-refractivity contribution in [3.05, 3.63) is 80.4 Å². The van der Waals surface area contributed by atoms with E-state index in [1.165, 1.54) is 0 Å². The molecule has 1 saturated heterocycles. The molecule has 3 aliphatic rings. The summed E-state index contributed by atoms with van der Waals surface area (Å²) in [6, 6.07) is 10.5. The lowest BCUT2D eigenvalue weighted by atomic mass is 9.76. The van der Waals surface area contributed by atoms with Gasteiger partial charge >= 0.3 is 0 Å². The summed E-state index contributed by atoms with van der Waals surface area (Å²) in [7, 11) is 0. The third-order valence-electron chi connectivity index (χ3n) is 6.68. The number of amides is 1. The summed E-state index contributed by atoms with van der Waals surface area (Å²) < 4.78 is 5.62.